The van der Waals surface area contributed by atoms with Gasteiger partial charge in [-0.25, -0.2) is 14.6 Å². The van der Waals surface area contributed by atoms with Crippen LogP contribution in [0.3, 0.4) is 0 Å². The zero-order chi connectivity index (χ0) is 21.3. The Kier molecular flexibility index (Phi) is 5.66. The highest BCUT2D eigenvalue weighted by Crippen LogP contribution is 2.45. The van der Waals surface area contributed by atoms with E-state index < -0.39 is 18.0 Å². The van der Waals surface area contributed by atoms with Gasteiger partial charge in [-0.15, -0.1) is 0 Å². The summed E-state index contributed by atoms with van der Waals surface area (Å²) in [7, 11) is 1.31. The molecule has 0 amide bonds. The van der Waals surface area contributed by atoms with Crippen molar-refractivity contribution in [3.05, 3.63) is 57.4 Å². The summed E-state index contributed by atoms with van der Waals surface area (Å²) >= 11 is 1.15. The van der Waals surface area contributed by atoms with Crippen molar-refractivity contribution in [2.24, 2.45) is 10.7 Å². The van der Waals surface area contributed by atoms with Crippen molar-refractivity contribution in [2.75, 3.05) is 7.11 Å². The number of nitrogens with two attached hydrogens (primary N) is 1. The number of carbonyl (C=O) groups excluding carboxylic acids is 2. The number of benzene rings is 1. The molecule has 0 unspecified atom stereocenters. The summed E-state index contributed by atoms with van der Waals surface area (Å²) in [6.45, 7) is 5.25. The third-order valence-electron chi connectivity index (χ3n) is 4.39. The summed E-state index contributed by atoms with van der Waals surface area (Å²) in [6, 6.07) is 8.09. The maximum absolute atomic E-state index is 12.9. The number of rotatable bonds is 4. The number of hydrogen-bond donors (Lipinski definition) is 1. The quantitative estimate of drug-likeness (QED) is 0.750. The van der Waals surface area contributed by atoms with Crippen molar-refractivity contribution < 1.29 is 19.1 Å². The number of thioether (sulfide) groups is 1. The minimum Gasteiger partial charge on any atom is -0.465 e. The lowest BCUT2D eigenvalue weighted by atomic mass is 9.93. The zero-order valence-electron chi connectivity index (χ0n) is 16.4. The first-order valence-corrected chi connectivity index (χ1v) is 9.65. The van der Waals surface area contributed by atoms with Crippen LogP contribution in [0.4, 0.5) is 0 Å². The van der Waals surface area contributed by atoms with Crippen molar-refractivity contribution in [3.63, 3.8) is 0 Å². The molecule has 0 bridgehead atoms. The molecule has 0 aromatic heterocycles. The molecule has 0 aliphatic carbocycles. The van der Waals surface area contributed by atoms with Gasteiger partial charge in [0.05, 0.1) is 36.1 Å². The lowest BCUT2D eigenvalue weighted by Crippen LogP contribution is -2.39. The second-order valence-corrected chi connectivity index (χ2v) is 7.64. The molecule has 0 fully saturated rings. The molecule has 3 rings (SSSR count). The lowest BCUT2D eigenvalue weighted by Gasteiger charge is -2.35. The average Bonchev–Trinajstić information content (AvgIpc) is 3.01. The van der Waals surface area contributed by atoms with Gasteiger partial charge in [-0.1, -0.05) is 12.1 Å². The molecule has 2 heterocycles. The van der Waals surface area contributed by atoms with Gasteiger partial charge >= 0.3 is 11.9 Å². The first kappa shape index (κ1) is 20.5. The molecule has 1 atom stereocenters. The first-order valence-electron chi connectivity index (χ1n) is 8.84. The molecule has 0 spiro atoms. The van der Waals surface area contributed by atoms with E-state index in [2.05, 4.69) is 11.1 Å². The standard InChI is InChI=1S/C20H20N4O4S/c1-10(2)28-19(26)15-11(3)23-20-24(17(22)14(9-21)29-20)16(15)12-5-7-13(8-6-12)18(25)27-4/h5-8,10,16H,22H2,1-4H3/t16-/m0/s1. The molecule has 2 aliphatic heterocycles. The molecule has 8 nitrogen and oxygen atoms in total. The van der Waals surface area contributed by atoms with Crippen LogP contribution in [0.2, 0.25) is 0 Å². The van der Waals surface area contributed by atoms with Crippen LogP contribution in [0, 0.1) is 11.3 Å². The molecular weight excluding hydrogens is 392 g/mol. The lowest BCUT2D eigenvalue weighted by molar-refractivity contribution is -0.143. The molecule has 2 N–H and O–H groups in total. The Hall–Kier alpha value is -3.25. The van der Waals surface area contributed by atoms with Gasteiger partial charge in [-0.2, -0.15) is 5.26 Å². The molecule has 9 heteroatoms. The van der Waals surface area contributed by atoms with Gasteiger partial charge in [-0.3, -0.25) is 4.90 Å². The van der Waals surface area contributed by atoms with Gasteiger partial charge in [0.25, 0.3) is 0 Å². The average molecular weight is 412 g/mol. The van der Waals surface area contributed by atoms with E-state index in [1.165, 1.54) is 7.11 Å². The Bertz CT molecular complexity index is 1000. The number of allylic oxidation sites excluding steroid dienone is 2. The molecule has 29 heavy (non-hydrogen) atoms. The number of aliphatic imine (C=N–C) groups is 1. The van der Waals surface area contributed by atoms with Gasteiger partial charge in [0.15, 0.2) is 5.17 Å². The summed E-state index contributed by atoms with van der Waals surface area (Å²) in [5, 5.41) is 9.89. The number of nitriles is 1. The van der Waals surface area contributed by atoms with Crippen molar-refractivity contribution in [1.29, 1.82) is 5.26 Å². The van der Waals surface area contributed by atoms with E-state index in [4.69, 9.17) is 15.2 Å². The highest BCUT2D eigenvalue weighted by molar-refractivity contribution is 8.17. The maximum Gasteiger partial charge on any atom is 0.338 e. The third-order valence-corrected chi connectivity index (χ3v) is 5.36. The van der Waals surface area contributed by atoms with Crippen LogP contribution in [0.25, 0.3) is 0 Å². The Balaban J connectivity index is 2.13. The molecule has 1 aromatic carbocycles. The number of methoxy groups -OCH3 is 1. The van der Waals surface area contributed by atoms with Gasteiger partial charge in [0, 0.05) is 0 Å². The van der Waals surface area contributed by atoms with E-state index in [9.17, 15) is 14.9 Å². The number of carbonyl (C=O) groups is 2. The maximum atomic E-state index is 12.9. The number of ether oxygens (including phenoxy) is 2. The van der Waals surface area contributed by atoms with E-state index in [1.54, 1.807) is 49.9 Å². The number of nitrogens with zero attached hydrogens (tertiary/aromatic N) is 3. The van der Waals surface area contributed by atoms with Crippen LogP contribution in [0.1, 0.15) is 42.7 Å². The van der Waals surface area contributed by atoms with Crippen molar-refractivity contribution >= 4 is 28.9 Å². The first-order chi connectivity index (χ1) is 13.8. The fourth-order valence-corrected chi connectivity index (χ4v) is 4.03. The second-order valence-electron chi connectivity index (χ2n) is 6.66. The Labute approximate surface area is 172 Å². The Morgan fingerprint density at radius 1 is 1.28 bits per heavy atom. The normalized spacial score (nSPS) is 18.4. The molecule has 0 saturated heterocycles. The van der Waals surface area contributed by atoms with Crippen LogP contribution in [0.15, 0.2) is 51.3 Å². The van der Waals surface area contributed by atoms with Gasteiger partial charge in [-0.05, 0) is 50.2 Å². The SMILES string of the molecule is COC(=O)c1ccc([C@H]2C(C(=O)OC(C)C)=C(C)N=C3SC(C#N)=C(N)N32)cc1. The predicted octanol–water partition coefficient (Wildman–Crippen LogP) is 2.81. The minimum atomic E-state index is -0.640. The fraction of sp³-hybridized carbons (Fsp3) is 0.300. The molecule has 150 valence electrons. The molecular formula is C20H20N4O4S. The predicted molar refractivity (Wildman–Crippen MR) is 108 cm³/mol. The van der Waals surface area contributed by atoms with Crippen LogP contribution >= 0.6 is 11.8 Å². The highest BCUT2D eigenvalue weighted by Gasteiger charge is 2.42. The largest absolute Gasteiger partial charge is 0.465 e. The molecule has 1 aromatic rings. The number of hydrogen-bond acceptors (Lipinski definition) is 9. The van der Waals surface area contributed by atoms with Crippen molar-refractivity contribution in [1.82, 2.24) is 4.90 Å². The minimum absolute atomic E-state index is 0.223. The van der Waals surface area contributed by atoms with E-state index in [1.807, 2.05) is 0 Å². The second kappa shape index (κ2) is 8.01. The van der Waals surface area contributed by atoms with E-state index in [0.29, 0.717) is 32.5 Å². The summed E-state index contributed by atoms with van der Waals surface area (Å²) in [6.07, 6.45) is -0.314. The Morgan fingerprint density at radius 2 is 1.93 bits per heavy atom. The van der Waals surface area contributed by atoms with Crippen molar-refractivity contribution in [3.8, 4) is 6.07 Å². The van der Waals surface area contributed by atoms with E-state index in [-0.39, 0.29) is 11.9 Å². The topological polar surface area (TPSA) is 118 Å². The summed E-state index contributed by atoms with van der Waals surface area (Å²) < 4.78 is 10.2. The van der Waals surface area contributed by atoms with Gasteiger partial charge < -0.3 is 15.2 Å². The summed E-state index contributed by atoms with van der Waals surface area (Å²) in [5.41, 5.74) is 8.11. The fourth-order valence-electron chi connectivity index (χ4n) is 3.11. The van der Waals surface area contributed by atoms with Crippen molar-refractivity contribution in [2.45, 2.75) is 32.9 Å². The van der Waals surface area contributed by atoms with Gasteiger partial charge in [0.1, 0.15) is 16.8 Å². The summed E-state index contributed by atoms with van der Waals surface area (Å²) in [5.74, 6) is -0.747. The van der Waals surface area contributed by atoms with Crippen LogP contribution in [0.5, 0.6) is 0 Å². The molecule has 2 aliphatic rings. The molecule has 0 saturated carbocycles. The van der Waals surface area contributed by atoms with E-state index in [0.717, 1.165) is 11.8 Å². The zero-order valence-corrected chi connectivity index (χ0v) is 17.2. The number of amidine groups is 1. The Morgan fingerprint density at radius 3 is 2.48 bits per heavy atom. The smallest absolute Gasteiger partial charge is 0.338 e. The summed E-state index contributed by atoms with van der Waals surface area (Å²) in [4.78, 5) is 31.1. The third kappa shape index (κ3) is 3.71. The van der Waals surface area contributed by atoms with Crippen LogP contribution < -0.4 is 5.73 Å². The number of esters is 2. The highest BCUT2D eigenvalue weighted by atomic mass is 32.2. The van der Waals surface area contributed by atoms with Gasteiger partial charge in [0.2, 0.25) is 0 Å². The molecule has 0 radical (unpaired) electrons. The monoisotopic (exact) mass is 412 g/mol. The van der Waals surface area contributed by atoms with Crippen LogP contribution in [-0.4, -0.2) is 35.2 Å². The van der Waals surface area contributed by atoms with E-state index >= 15 is 0 Å². The number of fused-ring (bicyclic) bond motifs is 1. The van der Waals surface area contributed by atoms with Crippen LogP contribution in [-0.2, 0) is 14.3 Å².